The van der Waals surface area contributed by atoms with E-state index < -0.39 is 0 Å². The van der Waals surface area contributed by atoms with Crippen LogP contribution in [0.4, 0.5) is 0 Å². The first-order valence-corrected chi connectivity index (χ1v) is 6.76. The van der Waals surface area contributed by atoms with E-state index in [0.717, 1.165) is 13.2 Å². The van der Waals surface area contributed by atoms with Crippen LogP contribution >= 0.6 is 11.3 Å². The molecule has 3 rings (SSSR count). The molecule has 90 valence electrons. The zero-order valence-electron chi connectivity index (χ0n) is 10.0. The quantitative estimate of drug-likeness (QED) is 0.768. The van der Waals surface area contributed by atoms with E-state index in [2.05, 4.69) is 30.1 Å². The van der Waals surface area contributed by atoms with E-state index in [0.29, 0.717) is 17.9 Å². The molecule has 1 fully saturated rings. The summed E-state index contributed by atoms with van der Waals surface area (Å²) in [4.78, 5) is 5.74. The molecule has 17 heavy (non-hydrogen) atoms. The van der Waals surface area contributed by atoms with Crippen molar-refractivity contribution in [1.82, 2.24) is 4.98 Å². The van der Waals surface area contributed by atoms with Gasteiger partial charge in [-0.1, -0.05) is 18.5 Å². The summed E-state index contributed by atoms with van der Waals surface area (Å²) in [6, 6.07) is 0.439. The van der Waals surface area contributed by atoms with Crippen LogP contribution in [0.5, 0.6) is 0 Å². The summed E-state index contributed by atoms with van der Waals surface area (Å²) >= 11 is 1.79. The molecule has 0 aliphatic carbocycles. The third-order valence-electron chi connectivity index (χ3n) is 3.03. The van der Waals surface area contributed by atoms with E-state index in [-0.39, 0.29) is 0 Å². The first-order chi connectivity index (χ1) is 8.24. The average molecular weight is 250 g/mol. The fourth-order valence-corrected chi connectivity index (χ4v) is 2.80. The number of hydrogen-bond acceptors (Lipinski definition) is 4. The lowest BCUT2D eigenvalue weighted by atomic mass is 10.1. The van der Waals surface area contributed by atoms with Crippen molar-refractivity contribution in [3.05, 3.63) is 16.1 Å². The van der Waals surface area contributed by atoms with Gasteiger partial charge in [-0.05, 0) is 5.10 Å². The number of rotatable bonds is 3. The highest BCUT2D eigenvalue weighted by molar-refractivity contribution is 7.12. The molecule has 0 bridgehead atoms. The second kappa shape index (κ2) is 4.31. The van der Waals surface area contributed by atoms with Gasteiger partial charge in [-0.15, -0.1) is 11.3 Å². The fourth-order valence-electron chi connectivity index (χ4n) is 1.85. The molecule has 1 unspecified atom stereocenters. The van der Waals surface area contributed by atoms with Crippen molar-refractivity contribution in [2.45, 2.75) is 31.7 Å². The van der Waals surface area contributed by atoms with Gasteiger partial charge >= 0.3 is 0 Å². The summed E-state index contributed by atoms with van der Waals surface area (Å²) in [5, 5.41) is 5.62. The minimum Gasteiger partial charge on any atom is -0.367 e. The molecule has 0 radical (unpaired) electrons. The van der Waals surface area contributed by atoms with Crippen LogP contribution in [0, 0.1) is 0 Å². The van der Waals surface area contributed by atoms with E-state index in [1.54, 1.807) is 11.3 Å². The highest BCUT2D eigenvalue weighted by atomic mass is 32.1. The Bertz CT molecular complexity index is 474. The standard InChI is InChI=1S/C12H16N3OS/c1-8(2)12-13-4-11(17-12)9-3-14-15(5-9)10-6-16-7-10/h3-5,8-10H,6-7H2,1-2H3/q+1. The van der Waals surface area contributed by atoms with Gasteiger partial charge in [0.2, 0.25) is 6.04 Å². The van der Waals surface area contributed by atoms with Crippen molar-refractivity contribution in [1.29, 1.82) is 0 Å². The van der Waals surface area contributed by atoms with Crippen molar-refractivity contribution in [3.8, 4) is 0 Å². The normalized spacial score (nSPS) is 24.2. The molecule has 0 amide bonds. The first-order valence-electron chi connectivity index (χ1n) is 5.95. The van der Waals surface area contributed by atoms with Gasteiger partial charge in [-0.2, -0.15) is 0 Å². The number of nitrogens with zero attached hydrogens (tertiary/aromatic N) is 3. The summed E-state index contributed by atoms with van der Waals surface area (Å²) in [7, 11) is 0. The highest BCUT2D eigenvalue weighted by Gasteiger charge is 2.34. The smallest absolute Gasteiger partial charge is 0.229 e. The molecule has 0 N–H and O–H groups in total. The van der Waals surface area contributed by atoms with Crippen LogP contribution in [-0.2, 0) is 4.74 Å². The number of aromatic nitrogens is 1. The minimum atomic E-state index is 0.292. The SMILES string of the molecule is CC(C)c1ncc(C2C=N[N+](C3COC3)=C2)s1. The van der Waals surface area contributed by atoms with Crippen LogP contribution in [0.25, 0.3) is 0 Å². The summed E-state index contributed by atoms with van der Waals surface area (Å²) < 4.78 is 7.21. The molecule has 1 aromatic heterocycles. The second-order valence-electron chi connectivity index (χ2n) is 4.77. The maximum atomic E-state index is 5.18. The lowest BCUT2D eigenvalue weighted by Crippen LogP contribution is -2.41. The highest BCUT2D eigenvalue weighted by Crippen LogP contribution is 2.27. The third-order valence-corrected chi connectivity index (χ3v) is 4.43. The van der Waals surface area contributed by atoms with Crippen molar-refractivity contribution < 1.29 is 9.42 Å². The van der Waals surface area contributed by atoms with Gasteiger partial charge in [0, 0.05) is 17.0 Å². The summed E-state index contributed by atoms with van der Waals surface area (Å²) in [6.07, 6.45) is 6.15. The van der Waals surface area contributed by atoms with Crippen LogP contribution in [0.15, 0.2) is 11.3 Å². The third kappa shape index (κ3) is 2.05. The molecular weight excluding hydrogens is 234 g/mol. The topological polar surface area (TPSA) is 37.5 Å². The van der Waals surface area contributed by atoms with Crippen molar-refractivity contribution >= 4 is 23.8 Å². The number of ether oxygens (including phenoxy) is 1. The predicted molar refractivity (Wildman–Crippen MR) is 68.4 cm³/mol. The molecule has 0 aromatic carbocycles. The van der Waals surface area contributed by atoms with Crippen molar-refractivity contribution in [2.24, 2.45) is 5.10 Å². The zero-order chi connectivity index (χ0) is 11.8. The second-order valence-corrected chi connectivity index (χ2v) is 5.86. The fraction of sp³-hybridized carbons (Fsp3) is 0.583. The Morgan fingerprint density at radius 2 is 2.29 bits per heavy atom. The van der Waals surface area contributed by atoms with Crippen LogP contribution in [-0.4, -0.2) is 41.4 Å². The minimum absolute atomic E-state index is 0.292. The largest absolute Gasteiger partial charge is 0.367 e. The van der Waals surface area contributed by atoms with Gasteiger partial charge in [0.25, 0.3) is 0 Å². The number of thiazole rings is 1. The van der Waals surface area contributed by atoms with E-state index >= 15 is 0 Å². The molecule has 4 nitrogen and oxygen atoms in total. The van der Waals surface area contributed by atoms with E-state index in [1.807, 2.05) is 17.1 Å². The Kier molecular flexibility index (Phi) is 2.80. The van der Waals surface area contributed by atoms with Crippen molar-refractivity contribution in [3.63, 3.8) is 0 Å². The Morgan fingerprint density at radius 1 is 1.47 bits per heavy atom. The lowest BCUT2D eigenvalue weighted by molar-refractivity contribution is -0.590. The predicted octanol–water partition coefficient (Wildman–Crippen LogP) is 1.83. The van der Waals surface area contributed by atoms with Gasteiger partial charge in [-0.25, -0.2) is 4.98 Å². The van der Waals surface area contributed by atoms with E-state index in [4.69, 9.17) is 4.74 Å². The molecule has 1 atom stereocenters. The Morgan fingerprint density at radius 3 is 2.88 bits per heavy atom. The summed E-state index contributed by atoms with van der Waals surface area (Å²) in [5.41, 5.74) is 0. The average Bonchev–Trinajstić information content (AvgIpc) is 2.80. The molecule has 1 aromatic rings. The Balaban J connectivity index is 1.76. The lowest BCUT2D eigenvalue weighted by Gasteiger charge is -2.18. The summed E-state index contributed by atoms with van der Waals surface area (Å²) in [5.74, 6) is 0.795. The molecular formula is C12H16N3OS+. The molecule has 2 aliphatic rings. The van der Waals surface area contributed by atoms with Gasteiger partial charge in [0.15, 0.2) is 6.21 Å². The Labute approximate surface area is 105 Å². The van der Waals surface area contributed by atoms with Gasteiger partial charge < -0.3 is 4.74 Å². The zero-order valence-corrected chi connectivity index (χ0v) is 10.9. The van der Waals surface area contributed by atoms with E-state index in [1.165, 1.54) is 9.88 Å². The van der Waals surface area contributed by atoms with Crippen LogP contribution in [0.1, 0.15) is 35.6 Å². The maximum absolute atomic E-state index is 5.18. The van der Waals surface area contributed by atoms with Gasteiger partial charge in [-0.3, -0.25) is 0 Å². The van der Waals surface area contributed by atoms with Crippen LogP contribution < -0.4 is 0 Å². The number of hydrazone groups is 1. The summed E-state index contributed by atoms with van der Waals surface area (Å²) in [6.45, 7) is 5.93. The Hall–Kier alpha value is -1.07. The van der Waals surface area contributed by atoms with Crippen molar-refractivity contribution in [2.75, 3.05) is 13.2 Å². The number of hydrogen-bond donors (Lipinski definition) is 0. The molecule has 0 spiro atoms. The first kappa shape index (κ1) is 11.0. The molecule has 0 saturated carbocycles. The van der Waals surface area contributed by atoms with Gasteiger partial charge in [0.05, 0.1) is 11.2 Å². The molecule has 2 aliphatic heterocycles. The van der Waals surface area contributed by atoms with Crippen LogP contribution in [0.2, 0.25) is 0 Å². The van der Waals surface area contributed by atoms with Crippen LogP contribution in [0.3, 0.4) is 0 Å². The van der Waals surface area contributed by atoms with E-state index in [9.17, 15) is 0 Å². The molecule has 3 heterocycles. The molecule has 1 saturated heterocycles. The van der Waals surface area contributed by atoms with Gasteiger partial charge in [0.1, 0.15) is 19.1 Å². The monoisotopic (exact) mass is 250 g/mol. The maximum Gasteiger partial charge on any atom is 0.229 e. The molecule has 5 heteroatoms.